The highest BCUT2D eigenvalue weighted by molar-refractivity contribution is 5.84. The molecule has 3 rings (SSSR count). The molecule has 2 N–H and O–H groups in total. The molecule has 0 radical (unpaired) electrons. The molecule has 1 amide bonds. The Morgan fingerprint density at radius 2 is 1.84 bits per heavy atom. The lowest BCUT2D eigenvalue weighted by Crippen LogP contribution is -2.23. The number of ether oxygens (including phenoxy) is 1. The van der Waals surface area contributed by atoms with Gasteiger partial charge in [0.2, 0.25) is 0 Å². The fourth-order valence-corrected chi connectivity index (χ4v) is 3.37. The monoisotopic (exact) mass is 521 g/mol. The summed E-state index contributed by atoms with van der Waals surface area (Å²) in [7, 11) is 3.94. The van der Waals surface area contributed by atoms with Gasteiger partial charge in [-0.3, -0.25) is 10.1 Å². The van der Waals surface area contributed by atoms with Crippen molar-refractivity contribution in [3.63, 3.8) is 0 Å². The highest BCUT2D eigenvalue weighted by Gasteiger charge is 2.34. The molecule has 0 bridgehead atoms. The second kappa shape index (κ2) is 12.3. The van der Waals surface area contributed by atoms with Gasteiger partial charge in [-0.1, -0.05) is 12.1 Å². The Labute approximate surface area is 210 Å². The van der Waals surface area contributed by atoms with Crippen LogP contribution in [0.25, 0.3) is 0 Å². The predicted molar refractivity (Wildman–Crippen MR) is 131 cm³/mol. The van der Waals surface area contributed by atoms with Crippen LogP contribution in [-0.2, 0) is 17.5 Å². The number of carbonyl (C=O) groups is 1. The maximum Gasteiger partial charge on any atom is 0.419 e. The van der Waals surface area contributed by atoms with E-state index in [1.165, 1.54) is 12.1 Å². The molecule has 8 nitrogen and oxygen atoms in total. The van der Waals surface area contributed by atoms with E-state index in [1.54, 1.807) is 24.3 Å². The van der Waals surface area contributed by atoms with Gasteiger partial charge in [0.15, 0.2) is 5.82 Å². The summed E-state index contributed by atoms with van der Waals surface area (Å²) >= 11 is 0. The van der Waals surface area contributed by atoms with E-state index >= 15 is 0 Å². The second-order valence-corrected chi connectivity index (χ2v) is 8.50. The number of alkyl halides is 3. The van der Waals surface area contributed by atoms with Crippen molar-refractivity contribution in [2.24, 2.45) is 0 Å². The first kappa shape index (κ1) is 27.7. The van der Waals surface area contributed by atoms with Crippen LogP contribution in [0, 0.1) is 5.82 Å². The number of rotatable bonds is 10. The van der Waals surface area contributed by atoms with Gasteiger partial charge in [-0.15, -0.1) is 0 Å². The third kappa shape index (κ3) is 8.60. The number of nitrogens with one attached hydrogen (secondary N) is 2. The number of benzene rings is 2. The van der Waals surface area contributed by atoms with Crippen molar-refractivity contribution >= 4 is 23.3 Å². The lowest BCUT2D eigenvalue weighted by molar-refractivity contribution is -0.139. The maximum atomic E-state index is 13.5. The molecule has 3 aromatic rings. The highest BCUT2D eigenvalue weighted by atomic mass is 19.4. The van der Waals surface area contributed by atoms with Gasteiger partial charge in [0.25, 0.3) is 5.56 Å². The number of carbonyl (C=O) groups excluding carboxylic acids is 1. The van der Waals surface area contributed by atoms with Gasteiger partial charge in [-0.2, -0.15) is 18.3 Å². The van der Waals surface area contributed by atoms with E-state index in [-0.39, 0.29) is 24.7 Å². The number of hydrogen-bond donors (Lipinski definition) is 2. The molecule has 0 aliphatic rings. The van der Waals surface area contributed by atoms with E-state index in [0.717, 1.165) is 30.1 Å². The standard InChI is InChI=1S/C25H27F4N5O3/c1-33(2)12-3-4-13-37-24(36)31-18-7-5-6-17(14-18)16-34-23(35)11-10-22(32-34)30-19-8-9-21(26)20(15-19)25(27,28)29/h5-11,14-15H,3-4,12-13,16H2,1-2H3,(H,30,32)(H,31,36). The fourth-order valence-electron chi connectivity index (χ4n) is 3.37. The molecule has 12 heteroatoms. The van der Waals surface area contributed by atoms with E-state index < -0.39 is 29.2 Å². The molecular weight excluding hydrogens is 494 g/mol. The van der Waals surface area contributed by atoms with Gasteiger partial charge < -0.3 is 15.0 Å². The molecule has 2 aromatic carbocycles. The van der Waals surface area contributed by atoms with Gasteiger partial charge in [-0.05, 0) is 75.4 Å². The van der Waals surface area contributed by atoms with Crippen molar-refractivity contribution < 1.29 is 27.1 Å². The van der Waals surface area contributed by atoms with Crippen molar-refractivity contribution in [3.05, 3.63) is 81.9 Å². The van der Waals surface area contributed by atoms with Crippen LogP contribution in [0.4, 0.5) is 39.5 Å². The van der Waals surface area contributed by atoms with E-state index in [9.17, 15) is 27.2 Å². The van der Waals surface area contributed by atoms with Gasteiger partial charge >= 0.3 is 12.3 Å². The third-order valence-corrected chi connectivity index (χ3v) is 5.15. The Morgan fingerprint density at radius 3 is 2.57 bits per heavy atom. The molecule has 1 aromatic heterocycles. The summed E-state index contributed by atoms with van der Waals surface area (Å²) in [6, 6.07) is 11.7. The molecule has 1 heterocycles. The first-order chi connectivity index (χ1) is 17.5. The zero-order chi connectivity index (χ0) is 27.0. The van der Waals surface area contributed by atoms with Gasteiger partial charge in [0.05, 0.1) is 18.7 Å². The van der Waals surface area contributed by atoms with Crippen LogP contribution in [-0.4, -0.2) is 48.0 Å². The van der Waals surface area contributed by atoms with Crippen molar-refractivity contribution in [3.8, 4) is 0 Å². The lowest BCUT2D eigenvalue weighted by Gasteiger charge is -2.13. The third-order valence-electron chi connectivity index (χ3n) is 5.15. The molecule has 0 aliphatic carbocycles. The molecule has 37 heavy (non-hydrogen) atoms. The number of amides is 1. The number of hydrogen-bond acceptors (Lipinski definition) is 6. The number of anilines is 3. The van der Waals surface area contributed by atoms with Crippen LogP contribution in [0.2, 0.25) is 0 Å². The Morgan fingerprint density at radius 1 is 1.05 bits per heavy atom. The summed E-state index contributed by atoms with van der Waals surface area (Å²) in [5.41, 5.74) is -0.808. The molecular formula is C25H27F4N5O3. The van der Waals surface area contributed by atoms with Crippen LogP contribution in [0.15, 0.2) is 59.4 Å². The zero-order valence-corrected chi connectivity index (χ0v) is 20.3. The number of nitrogens with zero attached hydrogens (tertiary/aromatic N) is 3. The minimum atomic E-state index is -4.86. The first-order valence-electron chi connectivity index (χ1n) is 11.4. The van der Waals surface area contributed by atoms with Crippen molar-refractivity contribution in [1.82, 2.24) is 14.7 Å². The Hall–Kier alpha value is -3.93. The highest BCUT2D eigenvalue weighted by Crippen LogP contribution is 2.33. The Kier molecular flexibility index (Phi) is 9.23. The Bertz CT molecular complexity index is 1280. The summed E-state index contributed by atoms with van der Waals surface area (Å²) in [6.07, 6.45) is -3.82. The molecule has 0 aliphatic heterocycles. The fraction of sp³-hybridized carbons (Fsp3) is 0.320. The minimum absolute atomic E-state index is 0.0284. The molecule has 0 spiro atoms. The SMILES string of the molecule is CN(C)CCCCOC(=O)Nc1cccc(Cn2nc(Nc3ccc(F)c(C(F)(F)F)c3)ccc2=O)c1. The molecule has 0 fully saturated rings. The minimum Gasteiger partial charge on any atom is -0.449 e. The number of unbranched alkanes of at least 4 members (excludes halogenated alkanes) is 1. The Balaban J connectivity index is 1.65. The first-order valence-corrected chi connectivity index (χ1v) is 11.4. The molecule has 0 saturated carbocycles. The lowest BCUT2D eigenvalue weighted by atomic mass is 10.2. The molecule has 0 unspecified atom stereocenters. The summed E-state index contributed by atoms with van der Waals surface area (Å²) in [5, 5.41) is 9.43. The molecule has 0 atom stereocenters. The second-order valence-electron chi connectivity index (χ2n) is 8.50. The molecule has 198 valence electrons. The summed E-state index contributed by atoms with van der Waals surface area (Å²) in [4.78, 5) is 26.4. The topological polar surface area (TPSA) is 88.5 Å². The van der Waals surface area contributed by atoms with Crippen LogP contribution < -0.4 is 16.2 Å². The van der Waals surface area contributed by atoms with Gasteiger partial charge in [0, 0.05) is 17.4 Å². The van der Waals surface area contributed by atoms with Crippen molar-refractivity contribution in [1.29, 1.82) is 0 Å². The van der Waals surface area contributed by atoms with Crippen LogP contribution >= 0.6 is 0 Å². The van der Waals surface area contributed by atoms with E-state index in [4.69, 9.17) is 4.74 Å². The maximum absolute atomic E-state index is 13.5. The number of aromatic nitrogens is 2. The van der Waals surface area contributed by atoms with Crippen molar-refractivity contribution in [2.75, 3.05) is 37.9 Å². The quantitative estimate of drug-likeness (QED) is 0.286. The van der Waals surface area contributed by atoms with Crippen LogP contribution in [0.3, 0.4) is 0 Å². The largest absolute Gasteiger partial charge is 0.449 e. The van der Waals surface area contributed by atoms with Gasteiger partial charge in [0.1, 0.15) is 5.82 Å². The molecule has 0 saturated heterocycles. The van der Waals surface area contributed by atoms with Crippen molar-refractivity contribution in [2.45, 2.75) is 25.6 Å². The van der Waals surface area contributed by atoms with Crippen LogP contribution in [0.1, 0.15) is 24.0 Å². The normalized spacial score (nSPS) is 11.4. The summed E-state index contributed by atoms with van der Waals surface area (Å²) in [6.45, 7) is 1.22. The average molecular weight is 522 g/mol. The summed E-state index contributed by atoms with van der Waals surface area (Å²) in [5.74, 6) is -1.30. The average Bonchev–Trinajstić information content (AvgIpc) is 2.81. The number of halogens is 4. The van der Waals surface area contributed by atoms with Crippen LogP contribution in [0.5, 0.6) is 0 Å². The predicted octanol–water partition coefficient (Wildman–Crippen LogP) is 5.08. The zero-order valence-electron chi connectivity index (χ0n) is 20.3. The summed E-state index contributed by atoms with van der Waals surface area (Å²) < 4.78 is 58.8. The van der Waals surface area contributed by atoms with E-state index in [1.807, 2.05) is 19.0 Å². The van der Waals surface area contributed by atoms with E-state index in [0.29, 0.717) is 23.4 Å². The van der Waals surface area contributed by atoms with E-state index in [2.05, 4.69) is 15.7 Å². The van der Waals surface area contributed by atoms with Gasteiger partial charge in [-0.25, -0.2) is 13.9 Å². The smallest absolute Gasteiger partial charge is 0.419 e.